The first-order chi connectivity index (χ1) is 17.1. The minimum absolute atomic E-state index is 0.0383. The van der Waals surface area contributed by atoms with Gasteiger partial charge in [0.25, 0.3) is 0 Å². The van der Waals surface area contributed by atoms with E-state index in [1.807, 2.05) is 45.0 Å². The zero-order valence-corrected chi connectivity index (χ0v) is 21.1. The van der Waals surface area contributed by atoms with Crippen molar-refractivity contribution in [1.29, 1.82) is 0 Å². The molecule has 0 saturated carbocycles. The second kappa shape index (κ2) is 13.0. The van der Waals surface area contributed by atoms with E-state index < -0.39 is 24.2 Å². The van der Waals surface area contributed by atoms with E-state index in [9.17, 15) is 18.0 Å². The summed E-state index contributed by atoms with van der Waals surface area (Å²) in [5.41, 5.74) is 2.12. The van der Waals surface area contributed by atoms with Gasteiger partial charge in [-0.25, -0.2) is 0 Å². The molecule has 1 heterocycles. The van der Waals surface area contributed by atoms with Crippen LogP contribution in [0.1, 0.15) is 38.8 Å². The molecule has 0 aromatic heterocycles. The van der Waals surface area contributed by atoms with E-state index in [2.05, 4.69) is 20.9 Å². The van der Waals surface area contributed by atoms with Gasteiger partial charge >= 0.3 is 6.18 Å². The molecule has 1 fully saturated rings. The summed E-state index contributed by atoms with van der Waals surface area (Å²) in [6.07, 6.45) is -4.24. The Balaban J connectivity index is 1.57. The van der Waals surface area contributed by atoms with Crippen LogP contribution in [-0.2, 0) is 9.53 Å². The minimum Gasteiger partial charge on any atom is -0.383 e. The molecule has 0 aliphatic carbocycles. The van der Waals surface area contributed by atoms with Gasteiger partial charge in [0.2, 0.25) is 5.91 Å². The molecule has 1 aliphatic rings. The fraction of sp³-hybridized carbons (Fsp3) is 0.519. The molecule has 36 heavy (non-hydrogen) atoms. The summed E-state index contributed by atoms with van der Waals surface area (Å²) >= 11 is 0. The van der Waals surface area contributed by atoms with Crippen LogP contribution in [0, 0.1) is 5.92 Å². The predicted octanol–water partition coefficient (Wildman–Crippen LogP) is 4.75. The number of anilines is 2. The fourth-order valence-electron chi connectivity index (χ4n) is 4.23. The van der Waals surface area contributed by atoms with Crippen molar-refractivity contribution in [3.8, 4) is 0 Å². The molecule has 2 aromatic carbocycles. The third-order valence-electron chi connectivity index (χ3n) is 6.10. The molecule has 9 heteroatoms. The molecule has 2 aromatic rings. The molecule has 1 amide bonds. The highest BCUT2D eigenvalue weighted by molar-refractivity contribution is 5.82. The number of hydrogen-bond donors (Lipinski definition) is 3. The summed E-state index contributed by atoms with van der Waals surface area (Å²) in [7, 11) is 0. The van der Waals surface area contributed by atoms with Gasteiger partial charge in [-0.05, 0) is 49.1 Å². The molecule has 0 bridgehead atoms. The number of rotatable bonds is 11. The summed E-state index contributed by atoms with van der Waals surface area (Å²) in [5.74, 6) is -0.401. The molecule has 1 aliphatic heterocycles. The van der Waals surface area contributed by atoms with Gasteiger partial charge in [-0.2, -0.15) is 13.2 Å². The molecule has 3 rings (SSSR count). The first kappa shape index (κ1) is 27.8. The average molecular weight is 507 g/mol. The number of benzene rings is 2. The average Bonchev–Trinajstić information content (AvgIpc) is 2.85. The van der Waals surface area contributed by atoms with E-state index in [0.29, 0.717) is 6.54 Å². The van der Waals surface area contributed by atoms with E-state index in [0.717, 1.165) is 37.7 Å². The van der Waals surface area contributed by atoms with Crippen LogP contribution in [-0.4, -0.2) is 57.0 Å². The van der Waals surface area contributed by atoms with E-state index in [1.165, 1.54) is 12.1 Å². The van der Waals surface area contributed by atoms with Crippen LogP contribution < -0.4 is 20.9 Å². The third kappa shape index (κ3) is 8.41. The molecule has 6 nitrogen and oxygen atoms in total. The Bertz CT molecular complexity index is 932. The van der Waals surface area contributed by atoms with Crippen molar-refractivity contribution in [3.05, 3.63) is 60.2 Å². The van der Waals surface area contributed by atoms with Crippen molar-refractivity contribution in [2.75, 3.05) is 43.1 Å². The summed E-state index contributed by atoms with van der Waals surface area (Å²) in [5, 5.41) is 8.75. The molecular weight excluding hydrogens is 469 g/mol. The van der Waals surface area contributed by atoms with Gasteiger partial charge in [0, 0.05) is 37.1 Å². The summed E-state index contributed by atoms with van der Waals surface area (Å²) in [4.78, 5) is 15.3. The standard InChI is InChI=1S/C27H37F3N4O2/c1-19(2)17-24(33-25(27(28,29)30)21-7-5-4-6-8-21)26(35)32-20(3)18-31-22-9-11-23(12-10-22)34-13-15-36-16-14-34/h4-12,19-20,24-25,31,33H,13-18H2,1-3H3,(H,32,35)/t20-,24-,25-/m0/s1. The lowest BCUT2D eigenvalue weighted by Gasteiger charge is -2.29. The van der Waals surface area contributed by atoms with Crippen LogP contribution >= 0.6 is 0 Å². The summed E-state index contributed by atoms with van der Waals surface area (Å²) in [6.45, 7) is 9.22. The SMILES string of the molecule is CC(C)C[C@H](N[C@@H](c1ccccc1)C(F)(F)F)C(=O)N[C@@H](C)CNc1ccc(N2CCOCC2)cc1. The number of ether oxygens (including phenoxy) is 1. The number of amides is 1. The number of halogens is 3. The smallest absolute Gasteiger partial charge is 0.383 e. The van der Waals surface area contributed by atoms with Crippen molar-refractivity contribution < 1.29 is 22.7 Å². The van der Waals surface area contributed by atoms with Gasteiger partial charge in [0.05, 0.1) is 19.3 Å². The molecule has 198 valence electrons. The first-order valence-corrected chi connectivity index (χ1v) is 12.5. The van der Waals surface area contributed by atoms with Crippen LogP contribution in [0.15, 0.2) is 54.6 Å². The number of nitrogens with zero attached hydrogens (tertiary/aromatic N) is 1. The minimum atomic E-state index is -4.53. The normalized spacial score (nSPS) is 16.9. The Morgan fingerprint density at radius 3 is 2.22 bits per heavy atom. The first-order valence-electron chi connectivity index (χ1n) is 12.5. The fourth-order valence-corrected chi connectivity index (χ4v) is 4.23. The van der Waals surface area contributed by atoms with Gasteiger partial charge in [0.1, 0.15) is 6.04 Å². The van der Waals surface area contributed by atoms with Gasteiger partial charge in [0.15, 0.2) is 0 Å². The number of hydrogen-bond acceptors (Lipinski definition) is 5. The third-order valence-corrected chi connectivity index (χ3v) is 6.10. The van der Waals surface area contributed by atoms with E-state index >= 15 is 0 Å². The highest BCUT2D eigenvalue weighted by Crippen LogP contribution is 2.33. The van der Waals surface area contributed by atoms with Crippen molar-refractivity contribution in [2.24, 2.45) is 5.92 Å². The number of nitrogens with one attached hydrogen (secondary N) is 3. The molecular formula is C27H37F3N4O2. The quantitative estimate of drug-likeness (QED) is 0.411. The largest absolute Gasteiger partial charge is 0.407 e. The number of carbonyl (C=O) groups excluding carboxylic acids is 1. The lowest BCUT2D eigenvalue weighted by Crippen LogP contribution is -2.52. The van der Waals surface area contributed by atoms with Crippen molar-refractivity contribution >= 4 is 17.3 Å². The Labute approximate surface area is 211 Å². The maximum Gasteiger partial charge on any atom is 0.407 e. The van der Waals surface area contributed by atoms with Crippen molar-refractivity contribution in [1.82, 2.24) is 10.6 Å². The van der Waals surface area contributed by atoms with Crippen LogP contribution in [0.2, 0.25) is 0 Å². The van der Waals surface area contributed by atoms with Crippen LogP contribution in [0.4, 0.5) is 24.5 Å². The lowest BCUT2D eigenvalue weighted by atomic mass is 9.99. The zero-order valence-electron chi connectivity index (χ0n) is 21.1. The molecule has 3 atom stereocenters. The molecule has 1 saturated heterocycles. The summed E-state index contributed by atoms with van der Waals surface area (Å²) in [6, 6.07) is 12.5. The maximum atomic E-state index is 13.9. The monoisotopic (exact) mass is 506 g/mol. The Morgan fingerprint density at radius 1 is 1.00 bits per heavy atom. The van der Waals surface area contributed by atoms with Crippen LogP contribution in [0.25, 0.3) is 0 Å². The zero-order chi connectivity index (χ0) is 26.1. The van der Waals surface area contributed by atoms with Gasteiger partial charge in [-0.3, -0.25) is 10.1 Å². The molecule has 3 N–H and O–H groups in total. The number of alkyl halides is 3. The van der Waals surface area contributed by atoms with Gasteiger partial charge in [-0.1, -0.05) is 44.2 Å². The second-order valence-corrected chi connectivity index (χ2v) is 9.67. The van der Waals surface area contributed by atoms with Crippen molar-refractivity contribution in [2.45, 2.75) is 51.5 Å². The molecule has 0 unspecified atom stereocenters. The molecule has 0 radical (unpaired) electrons. The van der Waals surface area contributed by atoms with Crippen molar-refractivity contribution in [3.63, 3.8) is 0 Å². The lowest BCUT2D eigenvalue weighted by molar-refractivity contribution is -0.161. The predicted molar refractivity (Wildman–Crippen MR) is 137 cm³/mol. The highest BCUT2D eigenvalue weighted by atomic mass is 19.4. The Morgan fingerprint density at radius 2 is 1.64 bits per heavy atom. The number of carbonyl (C=O) groups is 1. The van der Waals surface area contributed by atoms with Crippen LogP contribution in [0.3, 0.4) is 0 Å². The number of morpholine rings is 1. The topological polar surface area (TPSA) is 65.6 Å². The second-order valence-electron chi connectivity index (χ2n) is 9.67. The summed E-state index contributed by atoms with van der Waals surface area (Å²) < 4.78 is 47.0. The van der Waals surface area contributed by atoms with Gasteiger partial charge in [-0.15, -0.1) is 0 Å². The Kier molecular flexibility index (Phi) is 10.0. The Hall–Kier alpha value is -2.78. The maximum absolute atomic E-state index is 13.9. The van der Waals surface area contributed by atoms with Crippen LogP contribution in [0.5, 0.6) is 0 Å². The molecule has 0 spiro atoms. The van der Waals surface area contributed by atoms with E-state index in [-0.39, 0.29) is 23.9 Å². The highest BCUT2D eigenvalue weighted by Gasteiger charge is 2.42. The van der Waals surface area contributed by atoms with Gasteiger partial charge < -0.3 is 20.3 Å². The van der Waals surface area contributed by atoms with E-state index in [1.54, 1.807) is 18.2 Å². The van der Waals surface area contributed by atoms with E-state index in [4.69, 9.17) is 4.74 Å².